The van der Waals surface area contributed by atoms with E-state index in [0.29, 0.717) is 12.0 Å². The van der Waals surface area contributed by atoms with Gasteiger partial charge in [-0.05, 0) is 25.0 Å². The molecule has 1 aliphatic rings. The summed E-state index contributed by atoms with van der Waals surface area (Å²) < 4.78 is 0. The van der Waals surface area contributed by atoms with Gasteiger partial charge in [0.05, 0.1) is 6.10 Å². The number of aliphatic hydroxyl groups excluding tert-OH is 1. The SMILES string of the molecule is CC(=O)N(C(CC(C)O)C(=O)O)N1CCc2ccccc2C1=O. The first-order chi connectivity index (χ1) is 10.8. The maximum Gasteiger partial charge on any atom is 0.328 e. The third kappa shape index (κ3) is 3.50. The number of carboxylic acid groups (broad SMARTS) is 1. The molecule has 1 aromatic carbocycles. The van der Waals surface area contributed by atoms with Crippen LogP contribution in [-0.4, -0.2) is 56.7 Å². The number of amides is 2. The molecule has 1 aromatic rings. The van der Waals surface area contributed by atoms with Crippen LogP contribution in [0.1, 0.15) is 36.2 Å². The van der Waals surface area contributed by atoms with Gasteiger partial charge < -0.3 is 10.2 Å². The third-order valence-corrected chi connectivity index (χ3v) is 3.80. The standard InChI is InChI=1S/C16H20N2O5/c1-10(19)9-14(16(22)23)18(11(2)20)17-8-7-12-5-3-4-6-13(12)15(17)21/h3-6,10,14,19H,7-9H2,1-2H3,(H,22,23). The summed E-state index contributed by atoms with van der Waals surface area (Å²) in [5, 5.41) is 21.1. The first kappa shape index (κ1) is 17.0. The van der Waals surface area contributed by atoms with Crippen molar-refractivity contribution in [2.45, 2.75) is 38.8 Å². The number of hydrogen-bond donors (Lipinski definition) is 2. The van der Waals surface area contributed by atoms with E-state index in [1.54, 1.807) is 12.1 Å². The van der Waals surface area contributed by atoms with Crippen molar-refractivity contribution in [1.29, 1.82) is 0 Å². The zero-order valence-corrected chi connectivity index (χ0v) is 13.1. The minimum absolute atomic E-state index is 0.152. The number of carboxylic acids is 1. The number of carbonyl (C=O) groups is 3. The van der Waals surface area contributed by atoms with Crippen LogP contribution in [0.2, 0.25) is 0 Å². The zero-order valence-electron chi connectivity index (χ0n) is 13.1. The third-order valence-electron chi connectivity index (χ3n) is 3.80. The summed E-state index contributed by atoms with van der Waals surface area (Å²) in [6.45, 7) is 2.88. The van der Waals surface area contributed by atoms with Gasteiger partial charge in [0.1, 0.15) is 0 Å². The Morgan fingerprint density at radius 2 is 2.00 bits per heavy atom. The molecule has 124 valence electrons. The van der Waals surface area contributed by atoms with E-state index < -0.39 is 29.9 Å². The lowest BCUT2D eigenvalue weighted by Crippen LogP contribution is -2.58. The number of hydrogen-bond acceptors (Lipinski definition) is 4. The van der Waals surface area contributed by atoms with Crippen LogP contribution in [0.5, 0.6) is 0 Å². The van der Waals surface area contributed by atoms with Gasteiger partial charge in [0.25, 0.3) is 5.91 Å². The highest BCUT2D eigenvalue weighted by Crippen LogP contribution is 2.23. The number of carbonyl (C=O) groups excluding carboxylic acids is 2. The predicted octanol–water partition coefficient (Wildman–Crippen LogP) is 0.672. The summed E-state index contributed by atoms with van der Waals surface area (Å²) in [7, 11) is 0. The van der Waals surface area contributed by atoms with E-state index in [-0.39, 0.29) is 13.0 Å². The van der Waals surface area contributed by atoms with Crippen LogP contribution >= 0.6 is 0 Å². The van der Waals surface area contributed by atoms with Crippen molar-refractivity contribution in [3.8, 4) is 0 Å². The van der Waals surface area contributed by atoms with E-state index in [1.165, 1.54) is 18.9 Å². The zero-order chi connectivity index (χ0) is 17.1. The fourth-order valence-electron chi connectivity index (χ4n) is 2.81. The Labute approximate surface area is 134 Å². The van der Waals surface area contributed by atoms with Crippen molar-refractivity contribution in [3.63, 3.8) is 0 Å². The lowest BCUT2D eigenvalue weighted by Gasteiger charge is -2.40. The number of aliphatic hydroxyl groups is 1. The first-order valence-electron chi connectivity index (χ1n) is 7.43. The fourth-order valence-corrected chi connectivity index (χ4v) is 2.81. The topological polar surface area (TPSA) is 98.2 Å². The molecule has 1 heterocycles. The Kier molecular flexibility index (Phi) is 5.00. The van der Waals surface area contributed by atoms with Crippen LogP contribution in [-0.2, 0) is 16.0 Å². The lowest BCUT2D eigenvalue weighted by molar-refractivity contribution is -0.164. The number of rotatable bonds is 5. The van der Waals surface area contributed by atoms with E-state index in [9.17, 15) is 24.6 Å². The van der Waals surface area contributed by atoms with Crippen LogP contribution in [0.25, 0.3) is 0 Å². The average molecular weight is 320 g/mol. The number of aliphatic carboxylic acids is 1. The Morgan fingerprint density at radius 1 is 1.35 bits per heavy atom. The molecule has 2 rings (SSSR count). The van der Waals surface area contributed by atoms with Crippen LogP contribution in [0.4, 0.5) is 0 Å². The monoisotopic (exact) mass is 320 g/mol. The molecule has 1 aliphatic heterocycles. The summed E-state index contributed by atoms with van der Waals surface area (Å²) >= 11 is 0. The van der Waals surface area contributed by atoms with Gasteiger partial charge in [0.2, 0.25) is 5.91 Å². The van der Waals surface area contributed by atoms with Crippen molar-refractivity contribution < 1.29 is 24.6 Å². The van der Waals surface area contributed by atoms with Gasteiger partial charge in [-0.3, -0.25) is 9.59 Å². The van der Waals surface area contributed by atoms with E-state index in [1.807, 2.05) is 12.1 Å². The number of nitrogens with zero attached hydrogens (tertiary/aromatic N) is 2. The highest BCUT2D eigenvalue weighted by molar-refractivity contribution is 5.98. The minimum Gasteiger partial charge on any atom is -0.480 e. The summed E-state index contributed by atoms with van der Waals surface area (Å²) in [6.07, 6.45) is -0.530. The summed E-state index contributed by atoms with van der Waals surface area (Å²) in [5.41, 5.74) is 1.34. The van der Waals surface area contributed by atoms with Crippen molar-refractivity contribution in [1.82, 2.24) is 10.0 Å². The molecule has 0 aliphatic carbocycles. The number of hydrazine groups is 1. The van der Waals surface area contributed by atoms with Crippen molar-refractivity contribution >= 4 is 17.8 Å². The summed E-state index contributed by atoms with van der Waals surface area (Å²) in [4.78, 5) is 36.2. The normalized spacial score (nSPS) is 16.5. The van der Waals surface area contributed by atoms with Gasteiger partial charge >= 0.3 is 5.97 Å². The Balaban J connectivity index is 2.37. The summed E-state index contributed by atoms with van der Waals surface area (Å²) in [5.74, 6) is -2.21. The van der Waals surface area contributed by atoms with E-state index in [2.05, 4.69) is 0 Å². The quantitative estimate of drug-likeness (QED) is 0.831. The van der Waals surface area contributed by atoms with Gasteiger partial charge in [-0.15, -0.1) is 0 Å². The molecule has 7 nitrogen and oxygen atoms in total. The van der Waals surface area contributed by atoms with E-state index in [4.69, 9.17) is 0 Å². The van der Waals surface area contributed by atoms with Gasteiger partial charge in [0.15, 0.2) is 6.04 Å². The van der Waals surface area contributed by atoms with Crippen molar-refractivity contribution in [2.75, 3.05) is 6.54 Å². The largest absolute Gasteiger partial charge is 0.480 e. The smallest absolute Gasteiger partial charge is 0.328 e. The molecule has 2 N–H and O–H groups in total. The number of benzene rings is 1. The molecule has 0 bridgehead atoms. The van der Waals surface area contributed by atoms with Crippen LogP contribution in [0.3, 0.4) is 0 Å². The second-order valence-electron chi connectivity index (χ2n) is 5.64. The highest BCUT2D eigenvalue weighted by atomic mass is 16.4. The summed E-state index contributed by atoms with van der Waals surface area (Å²) in [6, 6.07) is 5.77. The predicted molar refractivity (Wildman–Crippen MR) is 81.4 cm³/mol. The Bertz CT molecular complexity index is 629. The van der Waals surface area contributed by atoms with Gasteiger partial charge in [-0.25, -0.2) is 14.8 Å². The molecule has 0 saturated carbocycles. The molecule has 0 spiro atoms. The minimum atomic E-state index is -1.29. The Hall–Kier alpha value is -2.41. The van der Waals surface area contributed by atoms with Crippen molar-refractivity contribution in [3.05, 3.63) is 35.4 Å². The van der Waals surface area contributed by atoms with Crippen LogP contribution < -0.4 is 0 Å². The molecule has 2 unspecified atom stereocenters. The lowest BCUT2D eigenvalue weighted by atomic mass is 10.00. The van der Waals surface area contributed by atoms with Gasteiger partial charge in [-0.2, -0.15) is 0 Å². The molecule has 0 fully saturated rings. The Morgan fingerprint density at radius 3 is 2.57 bits per heavy atom. The first-order valence-corrected chi connectivity index (χ1v) is 7.43. The van der Waals surface area contributed by atoms with Gasteiger partial charge in [-0.1, -0.05) is 18.2 Å². The molecule has 2 atom stereocenters. The van der Waals surface area contributed by atoms with E-state index >= 15 is 0 Å². The highest BCUT2D eigenvalue weighted by Gasteiger charge is 2.38. The molecule has 0 aromatic heterocycles. The second-order valence-corrected chi connectivity index (χ2v) is 5.64. The maximum atomic E-state index is 12.7. The molecular formula is C16H20N2O5. The molecule has 0 radical (unpaired) electrons. The molecular weight excluding hydrogens is 300 g/mol. The number of fused-ring (bicyclic) bond motifs is 1. The molecule has 0 saturated heterocycles. The van der Waals surface area contributed by atoms with E-state index in [0.717, 1.165) is 10.6 Å². The maximum absolute atomic E-state index is 12.7. The second kappa shape index (κ2) is 6.78. The molecule has 23 heavy (non-hydrogen) atoms. The van der Waals surface area contributed by atoms with Crippen LogP contribution in [0, 0.1) is 0 Å². The van der Waals surface area contributed by atoms with Crippen molar-refractivity contribution in [2.24, 2.45) is 0 Å². The molecule has 7 heteroatoms. The fraction of sp³-hybridized carbons (Fsp3) is 0.438. The van der Waals surface area contributed by atoms with Crippen LogP contribution in [0.15, 0.2) is 24.3 Å². The van der Waals surface area contributed by atoms with Gasteiger partial charge in [0, 0.05) is 25.5 Å². The average Bonchev–Trinajstić information content (AvgIpc) is 2.48. The molecule has 2 amide bonds.